The van der Waals surface area contributed by atoms with Crippen LogP contribution in [0.25, 0.3) is 0 Å². The molecule has 3 aliphatic heterocycles. The third-order valence-electron chi connectivity index (χ3n) is 4.72. The van der Waals surface area contributed by atoms with Crippen LogP contribution in [-0.4, -0.2) is 18.6 Å². The Kier molecular flexibility index (Phi) is 3.82. The molecule has 18 heavy (non-hydrogen) atoms. The minimum absolute atomic E-state index is 0. The molecule has 2 atom stereocenters. The van der Waals surface area contributed by atoms with Gasteiger partial charge in [-0.3, -0.25) is 0 Å². The van der Waals surface area contributed by atoms with Gasteiger partial charge in [-0.05, 0) is 37.3 Å². The zero-order chi connectivity index (χ0) is 10.6. The molecule has 0 aliphatic carbocycles. The lowest BCUT2D eigenvalue weighted by molar-refractivity contribution is 0.268. The predicted molar refractivity (Wildman–Crippen MR) is 80.3 cm³/mol. The number of halogens is 2. The standard InChI is InChI=1S/C14H18N2.2ClH/c1-2-4-13-12(3-1)14(9-15-13)7-10-5-6-11(8-14)16-10;;/h1-4,10-11,15-16H,5-9H2;2*1H. The molecule has 0 saturated carbocycles. The monoisotopic (exact) mass is 286 g/mol. The SMILES string of the molecule is Cl.Cl.c1ccc2c(c1)NCC21CC2CCC(C1)N2. The van der Waals surface area contributed by atoms with Crippen LogP contribution in [0, 0.1) is 0 Å². The van der Waals surface area contributed by atoms with Gasteiger partial charge in [0.1, 0.15) is 0 Å². The van der Waals surface area contributed by atoms with Crippen LogP contribution in [0.1, 0.15) is 31.2 Å². The average molecular weight is 287 g/mol. The van der Waals surface area contributed by atoms with Gasteiger partial charge in [0, 0.05) is 29.7 Å². The number of anilines is 1. The molecule has 2 saturated heterocycles. The number of fused-ring (bicyclic) bond motifs is 4. The molecule has 2 N–H and O–H groups in total. The fourth-order valence-corrected chi connectivity index (χ4v) is 4.07. The molecule has 2 bridgehead atoms. The Morgan fingerprint density at radius 3 is 2.39 bits per heavy atom. The van der Waals surface area contributed by atoms with Crippen LogP contribution in [0.5, 0.6) is 0 Å². The van der Waals surface area contributed by atoms with E-state index < -0.39 is 0 Å². The third kappa shape index (κ3) is 1.91. The summed E-state index contributed by atoms with van der Waals surface area (Å²) in [4.78, 5) is 0. The van der Waals surface area contributed by atoms with Crippen molar-refractivity contribution in [2.75, 3.05) is 11.9 Å². The molecule has 100 valence electrons. The molecule has 0 amide bonds. The van der Waals surface area contributed by atoms with Gasteiger partial charge in [0.05, 0.1) is 0 Å². The van der Waals surface area contributed by atoms with Crippen molar-refractivity contribution in [3.63, 3.8) is 0 Å². The summed E-state index contributed by atoms with van der Waals surface area (Å²) in [7, 11) is 0. The molecule has 0 radical (unpaired) electrons. The Bertz CT molecular complexity index is 424. The van der Waals surface area contributed by atoms with Crippen LogP contribution in [0.4, 0.5) is 5.69 Å². The normalized spacial score (nSPS) is 35.3. The van der Waals surface area contributed by atoms with Crippen molar-refractivity contribution in [3.05, 3.63) is 29.8 Å². The summed E-state index contributed by atoms with van der Waals surface area (Å²) in [6.07, 6.45) is 5.42. The summed E-state index contributed by atoms with van der Waals surface area (Å²) >= 11 is 0. The number of hydrogen-bond donors (Lipinski definition) is 2. The maximum atomic E-state index is 3.74. The Balaban J connectivity index is 0.000000602. The van der Waals surface area contributed by atoms with E-state index in [-0.39, 0.29) is 24.8 Å². The van der Waals surface area contributed by atoms with Crippen LogP contribution >= 0.6 is 24.8 Å². The Morgan fingerprint density at radius 1 is 1.00 bits per heavy atom. The summed E-state index contributed by atoms with van der Waals surface area (Å²) in [6, 6.07) is 10.4. The van der Waals surface area contributed by atoms with E-state index >= 15 is 0 Å². The van der Waals surface area contributed by atoms with E-state index in [1.54, 1.807) is 5.56 Å². The lowest BCUT2D eigenvalue weighted by Gasteiger charge is -2.38. The zero-order valence-corrected chi connectivity index (χ0v) is 11.9. The molecule has 3 aliphatic rings. The molecular weight excluding hydrogens is 267 g/mol. The van der Waals surface area contributed by atoms with Crippen molar-refractivity contribution in [2.24, 2.45) is 0 Å². The highest BCUT2D eigenvalue weighted by Gasteiger charge is 2.47. The average Bonchev–Trinajstić information content (AvgIpc) is 2.83. The molecule has 4 rings (SSSR count). The molecule has 4 heteroatoms. The third-order valence-corrected chi connectivity index (χ3v) is 4.72. The zero-order valence-electron chi connectivity index (χ0n) is 10.3. The van der Waals surface area contributed by atoms with Crippen LogP contribution in [0.3, 0.4) is 0 Å². The van der Waals surface area contributed by atoms with E-state index in [2.05, 4.69) is 34.9 Å². The smallest absolute Gasteiger partial charge is 0.0379 e. The van der Waals surface area contributed by atoms with Gasteiger partial charge < -0.3 is 10.6 Å². The first-order valence-electron chi connectivity index (χ1n) is 6.45. The molecule has 3 heterocycles. The van der Waals surface area contributed by atoms with Gasteiger partial charge in [-0.25, -0.2) is 0 Å². The van der Waals surface area contributed by atoms with Gasteiger partial charge in [0.15, 0.2) is 0 Å². The first kappa shape index (κ1) is 14.0. The van der Waals surface area contributed by atoms with E-state index in [1.165, 1.54) is 31.4 Å². The van der Waals surface area contributed by atoms with Crippen LogP contribution in [0.15, 0.2) is 24.3 Å². The summed E-state index contributed by atoms with van der Waals surface area (Å²) < 4.78 is 0. The molecular formula is C14H20Cl2N2. The highest BCUT2D eigenvalue weighted by atomic mass is 35.5. The molecule has 1 aromatic rings. The van der Waals surface area contributed by atoms with Crippen molar-refractivity contribution in [3.8, 4) is 0 Å². The second kappa shape index (κ2) is 4.92. The van der Waals surface area contributed by atoms with E-state index in [0.717, 1.165) is 18.6 Å². The largest absolute Gasteiger partial charge is 0.384 e. The number of para-hydroxylation sites is 1. The number of benzene rings is 1. The summed E-state index contributed by atoms with van der Waals surface area (Å²) in [5, 5.41) is 7.35. The Morgan fingerprint density at radius 2 is 1.67 bits per heavy atom. The fraction of sp³-hybridized carbons (Fsp3) is 0.571. The fourth-order valence-electron chi connectivity index (χ4n) is 4.07. The van der Waals surface area contributed by atoms with Crippen molar-refractivity contribution in [2.45, 2.75) is 43.2 Å². The van der Waals surface area contributed by atoms with E-state index in [1.807, 2.05) is 0 Å². The second-order valence-corrected chi connectivity index (χ2v) is 5.73. The minimum Gasteiger partial charge on any atom is -0.384 e. The van der Waals surface area contributed by atoms with Gasteiger partial charge in [-0.2, -0.15) is 0 Å². The van der Waals surface area contributed by atoms with Gasteiger partial charge in [0.2, 0.25) is 0 Å². The first-order valence-corrected chi connectivity index (χ1v) is 6.45. The van der Waals surface area contributed by atoms with E-state index in [0.29, 0.717) is 5.41 Å². The summed E-state index contributed by atoms with van der Waals surface area (Å²) in [5.74, 6) is 0. The first-order chi connectivity index (χ1) is 7.86. The number of nitrogens with one attached hydrogen (secondary N) is 2. The second-order valence-electron chi connectivity index (χ2n) is 5.73. The number of hydrogen-bond acceptors (Lipinski definition) is 2. The topological polar surface area (TPSA) is 24.1 Å². The highest BCUT2D eigenvalue weighted by molar-refractivity contribution is 5.85. The van der Waals surface area contributed by atoms with Crippen LogP contribution < -0.4 is 10.6 Å². The van der Waals surface area contributed by atoms with Crippen LogP contribution in [-0.2, 0) is 5.41 Å². The molecule has 2 nitrogen and oxygen atoms in total. The van der Waals surface area contributed by atoms with Crippen molar-refractivity contribution in [1.29, 1.82) is 0 Å². The quantitative estimate of drug-likeness (QED) is 0.766. The molecule has 2 fully saturated rings. The van der Waals surface area contributed by atoms with Gasteiger partial charge in [0.25, 0.3) is 0 Å². The number of piperidine rings is 1. The maximum Gasteiger partial charge on any atom is 0.0379 e. The Hall–Kier alpha value is -0.440. The number of rotatable bonds is 0. The van der Waals surface area contributed by atoms with E-state index in [4.69, 9.17) is 0 Å². The lowest BCUT2D eigenvalue weighted by atomic mass is 9.72. The lowest BCUT2D eigenvalue weighted by Crippen LogP contribution is -2.47. The van der Waals surface area contributed by atoms with E-state index in [9.17, 15) is 0 Å². The Labute approximate surface area is 121 Å². The van der Waals surface area contributed by atoms with Crippen molar-refractivity contribution in [1.82, 2.24) is 5.32 Å². The summed E-state index contributed by atoms with van der Waals surface area (Å²) in [5.41, 5.74) is 3.39. The van der Waals surface area contributed by atoms with Gasteiger partial charge in [-0.1, -0.05) is 18.2 Å². The molecule has 1 aromatic carbocycles. The van der Waals surface area contributed by atoms with Crippen LogP contribution in [0.2, 0.25) is 0 Å². The molecule has 0 aromatic heterocycles. The maximum absolute atomic E-state index is 3.74. The summed E-state index contributed by atoms with van der Waals surface area (Å²) in [6.45, 7) is 1.15. The van der Waals surface area contributed by atoms with Crippen molar-refractivity contribution >= 4 is 30.5 Å². The molecule has 2 unspecified atom stereocenters. The predicted octanol–water partition coefficient (Wildman–Crippen LogP) is 3.11. The minimum atomic E-state index is 0. The van der Waals surface area contributed by atoms with Crippen molar-refractivity contribution < 1.29 is 0 Å². The van der Waals surface area contributed by atoms with Gasteiger partial charge >= 0.3 is 0 Å². The van der Waals surface area contributed by atoms with Gasteiger partial charge in [-0.15, -0.1) is 24.8 Å². The highest BCUT2D eigenvalue weighted by Crippen LogP contribution is 2.48. The molecule has 1 spiro atoms.